The molecule has 0 bridgehead atoms. The minimum atomic E-state index is -0.0815. The van der Waals surface area contributed by atoms with Gasteiger partial charge in [0.1, 0.15) is 0 Å². The molecule has 0 N–H and O–H groups in total. The van der Waals surface area contributed by atoms with Crippen LogP contribution < -0.4 is 0 Å². The van der Waals surface area contributed by atoms with Crippen molar-refractivity contribution < 1.29 is 4.79 Å². The summed E-state index contributed by atoms with van der Waals surface area (Å²) in [6, 6.07) is 17.9. The van der Waals surface area contributed by atoms with Crippen LogP contribution >= 0.6 is 0 Å². The molecule has 4 rings (SSSR count). The van der Waals surface area contributed by atoms with Crippen LogP contribution in [0, 0.1) is 6.92 Å². The van der Waals surface area contributed by atoms with Crippen LogP contribution in [0.4, 0.5) is 0 Å². The fraction of sp³-hybridized carbons (Fsp3) is 0.250. The Morgan fingerprint density at radius 3 is 2.36 bits per heavy atom. The molecule has 0 atom stereocenters. The number of hydrogen-bond donors (Lipinski definition) is 0. The van der Waals surface area contributed by atoms with Crippen LogP contribution in [0.2, 0.25) is 0 Å². The van der Waals surface area contributed by atoms with E-state index in [9.17, 15) is 4.79 Å². The zero-order valence-electron chi connectivity index (χ0n) is 14.2. The van der Waals surface area contributed by atoms with Crippen molar-refractivity contribution in [3.05, 3.63) is 66.0 Å². The number of aromatic nitrogens is 3. The molecule has 1 amide bonds. The molecule has 2 aromatic carbocycles. The topological polar surface area (TPSA) is 51.0 Å². The highest BCUT2D eigenvalue weighted by Gasteiger charge is 2.25. The van der Waals surface area contributed by atoms with Gasteiger partial charge in [-0.2, -0.15) is 0 Å². The number of amides is 1. The lowest BCUT2D eigenvalue weighted by atomic mass is 10.2. The van der Waals surface area contributed by atoms with Crippen molar-refractivity contribution in [2.75, 3.05) is 13.1 Å². The quantitative estimate of drug-likeness (QED) is 0.738. The van der Waals surface area contributed by atoms with E-state index in [1.54, 1.807) is 4.68 Å². The molecule has 0 unspecified atom stereocenters. The lowest BCUT2D eigenvalue weighted by molar-refractivity contribution is 0.0781. The van der Waals surface area contributed by atoms with Crippen molar-refractivity contribution in [3.63, 3.8) is 0 Å². The van der Waals surface area contributed by atoms with E-state index in [1.165, 1.54) is 0 Å². The Labute approximate surface area is 146 Å². The Balaban J connectivity index is 1.84. The smallest absolute Gasteiger partial charge is 0.293 e. The zero-order chi connectivity index (χ0) is 17.2. The Hall–Kier alpha value is -2.95. The molecule has 0 aliphatic carbocycles. The van der Waals surface area contributed by atoms with E-state index < -0.39 is 0 Å². The highest BCUT2D eigenvalue weighted by Crippen LogP contribution is 2.23. The van der Waals surface area contributed by atoms with Crippen molar-refractivity contribution in [1.29, 1.82) is 0 Å². The number of carbonyl (C=O) groups is 1. The number of likely N-dealkylation sites (tertiary alicyclic amines) is 1. The van der Waals surface area contributed by atoms with Gasteiger partial charge in [0.2, 0.25) is 5.82 Å². The molecule has 0 radical (unpaired) electrons. The number of rotatable bonds is 3. The van der Waals surface area contributed by atoms with Gasteiger partial charge in [-0.1, -0.05) is 48.5 Å². The molecular formula is C20H20N4O. The summed E-state index contributed by atoms with van der Waals surface area (Å²) in [5.41, 5.74) is 2.97. The van der Waals surface area contributed by atoms with Gasteiger partial charge in [0.25, 0.3) is 5.91 Å². The van der Waals surface area contributed by atoms with E-state index in [2.05, 4.69) is 10.1 Å². The normalized spacial score (nSPS) is 14.0. The molecule has 0 saturated carbocycles. The first-order valence-corrected chi connectivity index (χ1v) is 8.62. The van der Waals surface area contributed by atoms with E-state index >= 15 is 0 Å². The third-order valence-electron chi connectivity index (χ3n) is 4.57. The molecule has 1 fully saturated rings. The second kappa shape index (κ2) is 6.51. The van der Waals surface area contributed by atoms with E-state index in [1.807, 2.05) is 66.4 Å². The molecule has 0 spiro atoms. The van der Waals surface area contributed by atoms with Crippen molar-refractivity contribution >= 4 is 5.91 Å². The van der Waals surface area contributed by atoms with E-state index in [0.717, 1.165) is 42.7 Å². The fourth-order valence-corrected chi connectivity index (χ4v) is 3.21. The first-order chi connectivity index (χ1) is 12.2. The summed E-state index contributed by atoms with van der Waals surface area (Å²) in [5.74, 6) is 0.878. The van der Waals surface area contributed by atoms with Gasteiger partial charge in [-0.3, -0.25) is 4.79 Å². The van der Waals surface area contributed by atoms with Crippen LogP contribution in [-0.4, -0.2) is 38.7 Å². The zero-order valence-corrected chi connectivity index (χ0v) is 14.2. The van der Waals surface area contributed by atoms with Gasteiger partial charge in [0.15, 0.2) is 5.82 Å². The van der Waals surface area contributed by atoms with Gasteiger partial charge in [-0.05, 0) is 31.4 Å². The molecule has 3 aromatic rings. The summed E-state index contributed by atoms with van der Waals surface area (Å²) < 4.78 is 1.79. The second-order valence-electron chi connectivity index (χ2n) is 6.32. The van der Waals surface area contributed by atoms with E-state index in [-0.39, 0.29) is 11.7 Å². The van der Waals surface area contributed by atoms with Crippen LogP contribution in [0.25, 0.3) is 17.1 Å². The summed E-state index contributed by atoms with van der Waals surface area (Å²) in [6.45, 7) is 3.62. The predicted octanol–water partition coefficient (Wildman–Crippen LogP) is 3.48. The van der Waals surface area contributed by atoms with Crippen LogP contribution in [0.15, 0.2) is 54.6 Å². The molecule has 2 heterocycles. The first-order valence-electron chi connectivity index (χ1n) is 8.62. The van der Waals surface area contributed by atoms with Crippen molar-refractivity contribution in [2.45, 2.75) is 19.8 Å². The standard InChI is InChI=1S/C20H20N4O/c1-15-9-5-6-12-17(15)24-19(16-10-3-2-4-11-16)21-18(22-24)20(25)23-13-7-8-14-23/h2-6,9-12H,7-8,13-14H2,1H3. The van der Waals surface area contributed by atoms with Gasteiger partial charge in [0.05, 0.1) is 5.69 Å². The maximum absolute atomic E-state index is 12.7. The van der Waals surface area contributed by atoms with Gasteiger partial charge < -0.3 is 4.90 Å². The number of hydrogen-bond acceptors (Lipinski definition) is 3. The Kier molecular flexibility index (Phi) is 4.06. The molecule has 5 heteroatoms. The predicted molar refractivity (Wildman–Crippen MR) is 96.7 cm³/mol. The minimum absolute atomic E-state index is 0.0815. The van der Waals surface area contributed by atoms with Crippen LogP contribution in [0.5, 0.6) is 0 Å². The molecular weight excluding hydrogens is 312 g/mol. The highest BCUT2D eigenvalue weighted by molar-refractivity contribution is 5.91. The maximum atomic E-state index is 12.7. The SMILES string of the molecule is Cc1ccccc1-n1nc(C(=O)N2CCCC2)nc1-c1ccccc1. The molecule has 1 aliphatic rings. The molecule has 1 aromatic heterocycles. The minimum Gasteiger partial charge on any atom is -0.336 e. The Morgan fingerprint density at radius 1 is 0.960 bits per heavy atom. The lowest BCUT2D eigenvalue weighted by Gasteiger charge is -2.12. The fourth-order valence-electron chi connectivity index (χ4n) is 3.21. The average Bonchev–Trinajstić information content (AvgIpc) is 3.32. The van der Waals surface area contributed by atoms with E-state index in [0.29, 0.717) is 5.82 Å². The number of carbonyl (C=O) groups excluding carboxylic acids is 1. The third-order valence-corrected chi connectivity index (χ3v) is 4.57. The monoisotopic (exact) mass is 332 g/mol. The third kappa shape index (κ3) is 2.93. The van der Waals surface area contributed by atoms with Crippen molar-refractivity contribution in [2.24, 2.45) is 0 Å². The summed E-state index contributed by atoms with van der Waals surface area (Å²) in [6.07, 6.45) is 2.10. The van der Waals surface area contributed by atoms with Crippen LogP contribution in [0.3, 0.4) is 0 Å². The van der Waals surface area contributed by atoms with E-state index in [4.69, 9.17) is 0 Å². The number of nitrogens with zero attached hydrogens (tertiary/aromatic N) is 4. The number of para-hydroxylation sites is 1. The summed E-state index contributed by atoms with van der Waals surface area (Å²) in [7, 11) is 0. The summed E-state index contributed by atoms with van der Waals surface area (Å²) in [4.78, 5) is 19.2. The van der Waals surface area contributed by atoms with Crippen molar-refractivity contribution in [1.82, 2.24) is 19.7 Å². The van der Waals surface area contributed by atoms with Crippen LogP contribution in [-0.2, 0) is 0 Å². The van der Waals surface area contributed by atoms with Gasteiger partial charge in [0, 0.05) is 18.7 Å². The average molecular weight is 332 g/mol. The second-order valence-corrected chi connectivity index (χ2v) is 6.32. The summed E-state index contributed by atoms with van der Waals surface area (Å²) in [5, 5.41) is 4.58. The summed E-state index contributed by atoms with van der Waals surface area (Å²) >= 11 is 0. The molecule has 126 valence electrons. The Morgan fingerprint density at radius 2 is 1.64 bits per heavy atom. The van der Waals surface area contributed by atoms with Crippen molar-refractivity contribution in [3.8, 4) is 17.1 Å². The maximum Gasteiger partial charge on any atom is 0.293 e. The van der Waals surface area contributed by atoms with Gasteiger partial charge in [-0.25, -0.2) is 9.67 Å². The lowest BCUT2D eigenvalue weighted by Crippen LogP contribution is -2.28. The number of aryl methyl sites for hydroxylation is 1. The van der Waals surface area contributed by atoms with Crippen LogP contribution in [0.1, 0.15) is 29.0 Å². The Bertz CT molecular complexity index is 895. The molecule has 25 heavy (non-hydrogen) atoms. The molecule has 5 nitrogen and oxygen atoms in total. The molecule has 1 saturated heterocycles. The first kappa shape index (κ1) is 15.6. The molecule has 1 aliphatic heterocycles. The van der Waals surface area contributed by atoms with Gasteiger partial charge >= 0.3 is 0 Å². The largest absolute Gasteiger partial charge is 0.336 e. The number of benzene rings is 2. The highest BCUT2D eigenvalue weighted by atomic mass is 16.2. The van der Waals surface area contributed by atoms with Gasteiger partial charge in [-0.15, -0.1) is 5.10 Å².